The van der Waals surface area contributed by atoms with Crippen molar-refractivity contribution in [2.45, 2.75) is 39.4 Å². The molecule has 0 fully saturated rings. The minimum Gasteiger partial charge on any atom is -0.464 e. The maximum Gasteiger partial charge on any atom is 0.340 e. The van der Waals surface area contributed by atoms with E-state index in [1.165, 1.54) is 5.57 Å². The van der Waals surface area contributed by atoms with Gasteiger partial charge in [-0.25, -0.2) is 9.59 Å². The van der Waals surface area contributed by atoms with E-state index in [1.54, 1.807) is 6.92 Å². The van der Waals surface area contributed by atoms with Gasteiger partial charge in [-0.1, -0.05) is 17.7 Å². The van der Waals surface area contributed by atoms with Crippen LogP contribution in [0.3, 0.4) is 0 Å². The van der Waals surface area contributed by atoms with Crippen LogP contribution in [0.1, 0.15) is 34.1 Å². The van der Waals surface area contributed by atoms with Crippen LogP contribution in [0.25, 0.3) is 0 Å². The monoisotopic (exact) mass is 361 g/mol. The summed E-state index contributed by atoms with van der Waals surface area (Å²) in [5, 5.41) is -0.189. The molecule has 0 aromatic rings. The normalized spacial score (nSPS) is 27.4. The topological polar surface area (TPSA) is 55.8 Å². The predicted molar refractivity (Wildman–Crippen MR) is 97.9 cm³/mol. The first-order chi connectivity index (χ1) is 12.0. The lowest BCUT2D eigenvalue weighted by Gasteiger charge is -2.43. The Bertz CT molecular complexity index is 734. The van der Waals surface area contributed by atoms with Crippen LogP contribution < -0.4 is 0 Å². The van der Waals surface area contributed by atoms with E-state index < -0.39 is 13.2 Å². The molecule has 0 aromatic heterocycles. The molecule has 1 unspecified atom stereocenters. The summed E-state index contributed by atoms with van der Waals surface area (Å²) in [4.78, 5) is 27.8. The van der Waals surface area contributed by atoms with Gasteiger partial charge in [0, 0.05) is 12.6 Å². The summed E-state index contributed by atoms with van der Waals surface area (Å²) in [6, 6.07) is 0. The van der Waals surface area contributed by atoms with Crippen molar-refractivity contribution in [3.63, 3.8) is 0 Å². The second kappa shape index (κ2) is 6.80. The summed E-state index contributed by atoms with van der Waals surface area (Å²) < 4.78 is 10.8. The molecule has 0 saturated carbocycles. The Hall–Kier alpha value is -1.87. The fourth-order valence-electron chi connectivity index (χ4n) is 3.56. The minimum absolute atomic E-state index is 0.249. The molecule has 25 heavy (non-hydrogen) atoms. The number of esters is 2. The molecule has 6 heteroatoms. The fourth-order valence-corrected chi connectivity index (χ4v) is 6.74. The Labute approximate surface area is 149 Å². The molecule has 3 rings (SSSR count). The van der Waals surface area contributed by atoms with Crippen LogP contribution in [0.2, 0.25) is 0 Å². The lowest BCUT2D eigenvalue weighted by Crippen LogP contribution is -2.49. The third-order valence-corrected chi connectivity index (χ3v) is 7.91. The zero-order valence-corrected chi connectivity index (χ0v) is 16.1. The number of ether oxygens (including phenoxy) is 2. The molecule has 2 atom stereocenters. The minimum atomic E-state index is -1.09. The van der Waals surface area contributed by atoms with E-state index in [1.807, 2.05) is 37.1 Å². The van der Waals surface area contributed by atoms with Gasteiger partial charge in [0.05, 0.1) is 24.2 Å². The molecule has 3 heterocycles. The maximum absolute atomic E-state index is 13.1. The molecule has 0 spiro atoms. The molecule has 0 N–H and O–H groups in total. The van der Waals surface area contributed by atoms with Crippen molar-refractivity contribution in [3.05, 3.63) is 46.6 Å². The second-order valence-electron chi connectivity index (χ2n) is 6.41. The zero-order chi connectivity index (χ0) is 18.2. The van der Waals surface area contributed by atoms with Crippen LogP contribution >= 0.6 is 7.92 Å². The van der Waals surface area contributed by atoms with Gasteiger partial charge in [0.25, 0.3) is 0 Å². The van der Waals surface area contributed by atoms with Crippen LogP contribution in [0.4, 0.5) is 0 Å². The molecule has 0 aromatic carbocycles. The largest absolute Gasteiger partial charge is 0.464 e. The van der Waals surface area contributed by atoms with E-state index in [2.05, 4.69) is 13.0 Å². The van der Waals surface area contributed by atoms with Gasteiger partial charge >= 0.3 is 11.9 Å². The first-order valence-corrected chi connectivity index (χ1v) is 10.2. The fraction of sp³-hybridized carbons (Fsp3) is 0.474. The number of rotatable bonds is 4. The number of fused-ring (bicyclic) bond motifs is 3. The molecule has 0 aliphatic carbocycles. The van der Waals surface area contributed by atoms with Crippen molar-refractivity contribution in [2.24, 2.45) is 0 Å². The predicted octanol–water partition coefficient (Wildman–Crippen LogP) is 3.64. The smallest absolute Gasteiger partial charge is 0.340 e. The van der Waals surface area contributed by atoms with E-state index in [9.17, 15) is 9.59 Å². The van der Waals surface area contributed by atoms with Gasteiger partial charge < -0.3 is 14.4 Å². The van der Waals surface area contributed by atoms with Gasteiger partial charge in [0.15, 0.2) is 5.28 Å². The highest BCUT2D eigenvalue weighted by atomic mass is 31.1. The maximum atomic E-state index is 13.1. The molecule has 3 aliphatic heterocycles. The summed E-state index contributed by atoms with van der Waals surface area (Å²) in [7, 11) is -1.09. The third kappa shape index (κ3) is 2.75. The Balaban J connectivity index is 2.18. The van der Waals surface area contributed by atoms with Crippen molar-refractivity contribution < 1.29 is 19.1 Å². The zero-order valence-electron chi connectivity index (χ0n) is 15.2. The Morgan fingerprint density at radius 2 is 1.92 bits per heavy atom. The van der Waals surface area contributed by atoms with Gasteiger partial charge in [0.1, 0.15) is 0 Å². The van der Waals surface area contributed by atoms with Crippen LogP contribution in [-0.2, 0) is 19.1 Å². The molecular formula is C19H24NO4P. The summed E-state index contributed by atoms with van der Waals surface area (Å²) in [6.45, 7) is 8.29. The van der Waals surface area contributed by atoms with E-state index in [0.29, 0.717) is 31.1 Å². The number of carbonyl (C=O) groups excluding carboxylic acids is 2. The van der Waals surface area contributed by atoms with Gasteiger partial charge in [-0.3, -0.25) is 0 Å². The van der Waals surface area contributed by atoms with Crippen LogP contribution in [0, 0.1) is 0 Å². The number of hydrogen-bond acceptors (Lipinski definition) is 5. The van der Waals surface area contributed by atoms with Crippen molar-refractivity contribution in [1.29, 1.82) is 0 Å². The van der Waals surface area contributed by atoms with Gasteiger partial charge in [0.2, 0.25) is 0 Å². The van der Waals surface area contributed by atoms with Gasteiger partial charge in [-0.2, -0.15) is 0 Å². The van der Waals surface area contributed by atoms with Crippen molar-refractivity contribution in [2.75, 3.05) is 19.4 Å². The van der Waals surface area contributed by atoms with Gasteiger partial charge in [-0.05, 0) is 53.4 Å². The highest BCUT2D eigenvalue weighted by Gasteiger charge is 2.60. The van der Waals surface area contributed by atoms with Crippen molar-refractivity contribution >= 4 is 19.9 Å². The molecule has 134 valence electrons. The summed E-state index contributed by atoms with van der Waals surface area (Å²) in [5.74, 6) is -0.562. The molecule has 0 amide bonds. The molecular weight excluding hydrogens is 337 g/mol. The van der Waals surface area contributed by atoms with E-state index in [-0.39, 0.29) is 11.9 Å². The standard InChI is InChI=1S/C19H24NO4P/c1-5-23-17(21)16-15-8-7-13(3)11-20(15)19(18(22)24-6-2)10-9-14(4)12-25(16)19/h7-9,11H,5-6,10,12H2,1-4H3/t19-,25?/m1/s1. The van der Waals surface area contributed by atoms with Crippen molar-refractivity contribution in [1.82, 2.24) is 4.90 Å². The Morgan fingerprint density at radius 1 is 1.20 bits per heavy atom. The number of nitrogens with zero attached hydrogens (tertiary/aromatic N) is 1. The van der Waals surface area contributed by atoms with E-state index in [4.69, 9.17) is 9.47 Å². The number of carbonyl (C=O) groups is 2. The molecule has 5 nitrogen and oxygen atoms in total. The highest BCUT2D eigenvalue weighted by molar-refractivity contribution is 7.66. The summed E-state index contributed by atoms with van der Waals surface area (Å²) in [6.07, 6.45) is 9.22. The Morgan fingerprint density at radius 3 is 2.60 bits per heavy atom. The molecule has 0 saturated heterocycles. The number of allylic oxidation sites excluding steroid dienone is 4. The third-order valence-electron chi connectivity index (χ3n) is 4.67. The first-order valence-electron chi connectivity index (χ1n) is 8.63. The van der Waals surface area contributed by atoms with Crippen LogP contribution in [-0.4, -0.2) is 41.5 Å². The second-order valence-corrected chi connectivity index (χ2v) is 8.77. The highest BCUT2D eigenvalue weighted by Crippen LogP contribution is 2.69. The molecule has 3 aliphatic rings. The molecule has 0 bridgehead atoms. The van der Waals surface area contributed by atoms with Crippen molar-refractivity contribution in [3.8, 4) is 0 Å². The van der Waals surface area contributed by atoms with Gasteiger partial charge in [-0.15, -0.1) is 0 Å². The molecule has 0 radical (unpaired) electrons. The van der Waals surface area contributed by atoms with E-state index >= 15 is 0 Å². The Kier molecular flexibility index (Phi) is 4.88. The SMILES string of the molecule is CCOC(=O)C1=C2C=CC(C)=CN2[C@]2(C(=O)OCC)CC=C(C)CP12. The average molecular weight is 361 g/mol. The van der Waals surface area contributed by atoms with Crippen LogP contribution in [0.5, 0.6) is 0 Å². The lowest BCUT2D eigenvalue weighted by molar-refractivity contribution is -0.149. The first kappa shape index (κ1) is 17.9. The average Bonchev–Trinajstić information content (AvgIpc) is 2.85. The number of hydrogen-bond donors (Lipinski definition) is 0. The summed E-state index contributed by atoms with van der Waals surface area (Å²) in [5.41, 5.74) is 3.03. The lowest BCUT2D eigenvalue weighted by atomic mass is 10.1. The van der Waals surface area contributed by atoms with Crippen LogP contribution in [0.15, 0.2) is 46.6 Å². The quantitative estimate of drug-likeness (QED) is 0.435. The van der Waals surface area contributed by atoms with E-state index in [0.717, 1.165) is 11.3 Å². The summed E-state index contributed by atoms with van der Waals surface area (Å²) >= 11 is 0.